The van der Waals surface area contributed by atoms with E-state index in [1.54, 1.807) is 0 Å². The number of hydrogen-bond donors (Lipinski definition) is 1. The maximum Gasteiger partial charge on any atom is 0.404 e. The minimum absolute atomic E-state index is 0.101. The largest absolute Gasteiger partial charge is 0.445 e. The van der Waals surface area contributed by atoms with Gasteiger partial charge in [0.25, 0.3) is 0 Å². The molecule has 0 radical (unpaired) electrons. The molecule has 0 atom stereocenters. The fourth-order valence-electron chi connectivity index (χ4n) is 1.78. The Labute approximate surface area is 141 Å². The molecule has 2 rings (SSSR count). The normalized spacial score (nSPS) is 11.6. The molecule has 0 bridgehead atoms. The third-order valence-electron chi connectivity index (χ3n) is 2.89. The fourth-order valence-corrected chi connectivity index (χ4v) is 2.09. The van der Waals surface area contributed by atoms with E-state index in [2.05, 4.69) is 25.8 Å². The molecule has 0 saturated carbocycles. The number of carbonyl (C=O) groups is 1. The number of carbonyl (C=O) groups excluding carboxylic acids is 1. The van der Waals surface area contributed by atoms with E-state index in [9.17, 15) is 22.8 Å². The molecule has 1 heterocycles. The Balaban J connectivity index is 2.31. The molecule has 0 spiro atoms. The van der Waals surface area contributed by atoms with E-state index >= 15 is 0 Å². The highest BCUT2D eigenvalue weighted by Crippen LogP contribution is 2.21. The molecule has 0 saturated heterocycles. The smallest absolute Gasteiger partial charge is 0.404 e. The van der Waals surface area contributed by atoms with Crippen LogP contribution in [0.2, 0.25) is 0 Å². The fraction of sp³-hybridized carbons (Fsp3) is 0.154. The first-order valence-electron chi connectivity index (χ1n) is 6.33. The van der Waals surface area contributed by atoms with Crippen LogP contribution in [0, 0.1) is 11.6 Å². The van der Waals surface area contributed by atoms with Crippen molar-refractivity contribution in [1.82, 2.24) is 14.3 Å². The molecule has 0 unspecified atom stereocenters. The Morgan fingerprint density at radius 3 is 2.71 bits per heavy atom. The molecule has 0 aliphatic rings. The van der Waals surface area contributed by atoms with Crippen LogP contribution in [0.25, 0.3) is 5.69 Å². The van der Waals surface area contributed by atoms with Crippen LogP contribution < -0.4 is 11.4 Å². The van der Waals surface area contributed by atoms with Crippen LogP contribution in [0.15, 0.2) is 39.6 Å². The highest BCUT2D eigenvalue weighted by Gasteiger charge is 2.15. The lowest BCUT2D eigenvalue weighted by Gasteiger charge is -2.06. The van der Waals surface area contributed by atoms with Crippen molar-refractivity contribution in [2.75, 3.05) is 6.61 Å². The molecule has 128 valence electrons. The van der Waals surface area contributed by atoms with Crippen LogP contribution in [0.3, 0.4) is 0 Å². The number of nitrogens with zero attached hydrogens (tertiary/aromatic N) is 3. The van der Waals surface area contributed by atoms with Crippen LogP contribution in [-0.2, 0) is 11.3 Å². The molecule has 0 aliphatic heterocycles. The second-order valence-electron chi connectivity index (χ2n) is 4.53. The third kappa shape index (κ3) is 3.85. The van der Waals surface area contributed by atoms with E-state index in [0.717, 1.165) is 27.7 Å². The molecule has 11 heteroatoms. The zero-order valence-corrected chi connectivity index (χ0v) is 13.5. The lowest BCUT2D eigenvalue weighted by molar-refractivity contribution is 0.164. The van der Waals surface area contributed by atoms with Gasteiger partial charge in [-0.1, -0.05) is 0 Å². The van der Waals surface area contributed by atoms with E-state index in [0.29, 0.717) is 0 Å². The summed E-state index contributed by atoms with van der Waals surface area (Å²) in [4.78, 5) is 22.7. The summed E-state index contributed by atoms with van der Waals surface area (Å²) in [6.07, 6.45) is -0.0210. The van der Waals surface area contributed by atoms with Crippen molar-refractivity contribution in [3.8, 4) is 5.69 Å². The third-order valence-corrected chi connectivity index (χ3v) is 3.50. The molecule has 1 amide bonds. The van der Waals surface area contributed by atoms with Crippen molar-refractivity contribution >= 4 is 22.0 Å². The summed E-state index contributed by atoms with van der Waals surface area (Å²) < 4.78 is 46.1. The minimum atomic E-state index is -1.11. The number of primary amides is 1. The average molecular weight is 407 g/mol. The van der Waals surface area contributed by atoms with Crippen LogP contribution in [-0.4, -0.2) is 27.0 Å². The first-order chi connectivity index (χ1) is 11.3. The molecule has 7 nitrogen and oxygen atoms in total. The summed E-state index contributed by atoms with van der Waals surface area (Å²) in [6.45, 7) is -0.845. The number of ether oxygens (including phenoxy) is 1. The first-order valence-corrected chi connectivity index (χ1v) is 7.12. The SMILES string of the molecule is NC(=O)OC/C(=C/F)Cn1ncn(-c2cc(F)c(Br)cc2F)c1=O. The van der Waals surface area contributed by atoms with Crippen molar-refractivity contribution in [2.24, 2.45) is 5.73 Å². The zero-order valence-electron chi connectivity index (χ0n) is 11.9. The van der Waals surface area contributed by atoms with Gasteiger partial charge >= 0.3 is 11.8 Å². The van der Waals surface area contributed by atoms with Crippen LogP contribution in [0.1, 0.15) is 0 Å². The van der Waals surface area contributed by atoms with Crippen LogP contribution >= 0.6 is 15.9 Å². The second-order valence-corrected chi connectivity index (χ2v) is 5.39. The van der Waals surface area contributed by atoms with Gasteiger partial charge in [0.15, 0.2) is 0 Å². The predicted molar refractivity (Wildman–Crippen MR) is 80.2 cm³/mol. The number of hydrogen-bond acceptors (Lipinski definition) is 4. The van der Waals surface area contributed by atoms with Crippen molar-refractivity contribution in [3.05, 3.63) is 57.0 Å². The summed E-state index contributed by atoms with van der Waals surface area (Å²) in [5.41, 5.74) is 3.46. The molecule has 2 aromatic rings. The summed E-state index contributed by atoms with van der Waals surface area (Å²) in [5.74, 6) is -1.63. The molecule has 0 aliphatic carbocycles. The van der Waals surface area contributed by atoms with E-state index < -0.39 is 30.0 Å². The van der Waals surface area contributed by atoms with Crippen molar-refractivity contribution in [1.29, 1.82) is 0 Å². The lowest BCUT2D eigenvalue weighted by Crippen LogP contribution is -2.26. The zero-order chi connectivity index (χ0) is 17.9. The summed E-state index contributed by atoms with van der Waals surface area (Å²) in [7, 11) is 0. The maximum atomic E-state index is 13.9. The number of amides is 1. The molecule has 1 aromatic heterocycles. The van der Waals surface area contributed by atoms with Gasteiger partial charge in [-0.2, -0.15) is 5.10 Å². The number of nitrogens with two attached hydrogens (primary N) is 1. The number of halogens is 4. The number of aromatic nitrogens is 3. The number of benzene rings is 1. The van der Waals surface area contributed by atoms with Gasteiger partial charge in [0.1, 0.15) is 24.6 Å². The highest BCUT2D eigenvalue weighted by atomic mass is 79.9. The highest BCUT2D eigenvalue weighted by molar-refractivity contribution is 9.10. The van der Waals surface area contributed by atoms with Gasteiger partial charge < -0.3 is 10.5 Å². The van der Waals surface area contributed by atoms with Crippen molar-refractivity contribution in [2.45, 2.75) is 6.54 Å². The quantitative estimate of drug-likeness (QED) is 0.768. The van der Waals surface area contributed by atoms with Gasteiger partial charge in [-0.15, -0.1) is 0 Å². The van der Waals surface area contributed by atoms with E-state index in [1.165, 1.54) is 0 Å². The number of rotatable bonds is 5. The first kappa shape index (κ1) is 17.8. The molecular formula is C13H10BrF3N4O3. The Morgan fingerprint density at radius 1 is 1.38 bits per heavy atom. The van der Waals surface area contributed by atoms with Gasteiger partial charge in [-0.25, -0.2) is 32.0 Å². The lowest BCUT2D eigenvalue weighted by atomic mass is 10.3. The second kappa shape index (κ2) is 7.34. The molecule has 0 fully saturated rings. The topological polar surface area (TPSA) is 92.1 Å². The standard InChI is InChI=1S/C13H10BrF3N4O3/c14-8-1-10(17)11(2-9(8)16)20-6-19-21(13(20)23)4-7(3-15)5-24-12(18)22/h1-3,6H,4-5H2,(H2,18,22)/b7-3+. The predicted octanol–water partition coefficient (Wildman–Crippen LogP) is 2.02. The Morgan fingerprint density at radius 2 is 2.08 bits per heavy atom. The summed E-state index contributed by atoms with van der Waals surface area (Å²) >= 11 is 2.82. The average Bonchev–Trinajstić information content (AvgIpc) is 2.88. The monoisotopic (exact) mass is 406 g/mol. The Kier molecular flexibility index (Phi) is 5.44. The molecular weight excluding hydrogens is 397 g/mol. The summed E-state index contributed by atoms with van der Waals surface area (Å²) in [6, 6.07) is 1.68. The van der Waals surface area contributed by atoms with Gasteiger partial charge in [-0.3, -0.25) is 0 Å². The van der Waals surface area contributed by atoms with E-state index in [-0.39, 0.29) is 28.6 Å². The maximum absolute atomic E-state index is 13.9. The van der Waals surface area contributed by atoms with Crippen molar-refractivity contribution in [3.63, 3.8) is 0 Å². The van der Waals surface area contributed by atoms with Gasteiger partial charge in [0.05, 0.1) is 23.0 Å². The summed E-state index contributed by atoms with van der Waals surface area (Å²) in [5, 5.41) is 3.69. The van der Waals surface area contributed by atoms with Crippen LogP contribution in [0.4, 0.5) is 18.0 Å². The van der Waals surface area contributed by atoms with E-state index in [4.69, 9.17) is 5.73 Å². The van der Waals surface area contributed by atoms with E-state index in [1.807, 2.05) is 0 Å². The van der Waals surface area contributed by atoms with Crippen LogP contribution in [0.5, 0.6) is 0 Å². The minimum Gasteiger partial charge on any atom is -0.445 e. The van der Waals surface area contributed by atoms with Crippen molar-refractivity contribution < 1.29 is 22.7 Å². The Bertz CT molecular complexity index is 863. The molecule has 1 aromatic carbocycles. The van der Waals surface area contributed by atoms with Gasteiger partial charge in [-0.05, 0) is 22.0 Å². The Hall–Kier alpha value is -2.56. The molecule has 24 heavy (non-hydrogen) atoms. The van der Waals surface area contributed by atoms with Gasteiger partial charge in [0.2, 0.25) is 0 Å². The molecule has 2 N–H and O–H groups in total. The van der Waals surface area contributed by atoms with Gasteiger partial charge in [0, 0.05) is 11.6 Å².